The monoisotopic (exact) mass is 596 g/mol. The molecular weight excluding hydrogens is 567 g/mol. The molecule has 5 rings (SSSR count). The first-order valence-electron chi connectivity index (χ1n) is 13.6. The Morgan fingerprint density at radius 3 is 2.23 bits per heavy atom. The summed E-state index contributed by atoms with van der Waals surface area (Å²) in [5.41, 5.74) is 5.26. The molecule has 0 heterocycles. The van der Waals surface area contributed by atoms with Gasteiger partial charge in [-0.3, -0.25) is 14.9 Å². The fourth-order valence-electron chi connectivity index (χ4n) is 4.98. The molecule has 0 saturated carbocycles. The second-order valence-corrected chi connectivity index (χ2v) is 9.85. The molecule has 44 heavy (non-hydrogen) atoms. The number of benzene rings is 4. The first-order valence-corrected chi connectivity index (χ1v) is 13.6. The Kier molecular flexibility index (Phi) is 8.90. The van der Waals surface area contributed by atoms with E-state index in [1.165, 1.54) is 50.6 Å². The molecule has 9 nitrogen and oxygen atoms in total. The van der Waals surface area contributed by atoms with E-state index in [1.807, 2.05) is 43.3 Å². The van der Waals surface area contributed by atoms with Crippen molar-refractivity contribution in [1.82, 2.24) is 0 Å². The van der Waals surface area contributed by atoms with Gasteiger partial charge in [0.15, 0.2) is 11.5 Å². The van der Waals surface area contributed by atoms with Crippen molar-refractivity contribution in [3.63, 3.8) is 0 Å². The van der Waals surface area contributed by atoms with Crippen LogP contribution in [-0.4, -0.2) is 31.8 Å². The minimum atomic E-state index is -0.490. The molecular formula is C34H29FN2O7. The van der Waals surface area contributed by atoms with Gasteiger partial charge < -0.3 is 24.3 Å². The number of hydrogen-bond acceptors (Lipinski definition) is 7. The number of carbonyl (C=O) groups is 1. The molecule has 10 heteroatoms. The van der Waals surface area contributed by atoms with Crippen molar-refractivity contribution in [1.29, 1.82) is 0 Å². The molecule has 1 N–H and O–H groups in total. The molecule has 4 aromatic rings. The Balaban J connectivity index is 1.41. The molecule has 0 aliphatic heterocycles. The van der Waals surface area contributed by atoms with Gasteiger partial charge in [-0.05, 0) is 94.9 Å². The van der Waals surface area contributed by atoms with Crippen molar-refractivity contribution < 1.29 is 33.1 Å². The summed E-state index contributed by atoms with van der Waals surface area (Å²) in [5.74, 6) is 0.859. The van der Waals surface area contributed by atoms with Crippen LogP contribution in [0.3, 0.4) is 0 Å². The molecule has 1 amide bonds. The van der Waals surface area contributed by atoms with Crippen LogP contribution in [0.1, 0.15) is 30.0 Å². The third-order valence-corrected chi connectivity index (χ3v) is 7.12. The Morgan fingerprint density at radius 1 is 0.909 bits per heavy atom. The number of nitro groups is 1. The minimum Gasteiger partial charge on any atom is -0.493 e. The van der Waals surface area contributed by atoms with Crippen LogP contribution in [0, 0.1) is 15.9 Å². The smallest absolute Gasteiger partial charge is 0.269 e. The zero-order valence-corrected chi connectivity index (χ0v) is 24.3. The Hall–Kier alpha value is -5.64. The Bertz CT molecular complexity index is 1740. The summed E-state index contributed by atoms with van der Waals surface area (Å²) >= 11 is 0. The lowest BCUT2D eigenvalue weighted by Gasteiger charge is -2.16. The predicted molar refractivity (Wildman–Crippen MR) is 165 cm³/mol. The molecule has 0 unspecified atom stereocenters. The molecule has 4 aromatic carbocycles. The number of non-ortho nitro benzene ring substituents is 1. The number of rotatable bonds is 11. The highest BCUT2D eigenvalue weighted by Crippen LogP contribution is 2.45. The van der Waals surface area contributed by atoms with Gasteiger partial charge in [-0.2, -0.15) is 0 Å². The van der Waals surface area contributed by atoms with E-state index in [0.717, 1.165) is 27.8 Å². The van der Waals surface area contributed by atoms with Gasteiger partial charge in [0.25, 0.3) is 5.69 Å². The van der Waals surface area contributed by atoms with Gasteiger partial charge in [-0.15, -0.1) is 0 Å². The van der Waals surface area contributed by atoms with Gasteiger partial charge in [0.05, 0.1) is 25.6 Å². The molecule has 224 valence electrons. The van der Waals surface area contributed by atoms with Gasteiger partial charge in [-0.1, -0.05) is 24.3 Å². The maximum absolute atomic E-state index is 14.4. The van der Waals surface area contributed by atoms with Crippen LogP contribution in [0.5, 0.6) is 23.0 Å². The van der Waals surface area contributed by atoms with Crippen molar-refractivity contribution in [3.05, 3.63) is 123 Å². The van der Waals surface area contributed by atoms with E-state index in [1.54, 1.807) is 18.2 Å². The zero-order valence-electron chi connectivity index (χ0n) is 24.3. The number of nitrogens with one attached hydrogen (secondary N) is 1. The number of para-hydroxylation sites is 1. The standard InChI is InChI=1S/C34H29FN2O7/c1-21-28(27-14-9-23(35)18-30(27)29(21)19-33(38)36-24-7-5-4-6-8-24)15-22-16-31(41-2)34(32(17-22)42-3)44-20-43-26-12-10-25(11-13-26)37(39)40/h4-18H,19-20H2,1-3H3,(H,36,38)/b28-15-. The molecule has 0 atom stereocenters. The Labute approximate surface area is 253 Å². The van der Waals surface area contributed by atoms with Gasteiger partial charge in [0.1, 0.15) is 11.6 Å². The van der Waals surface area contributed by atoms with Crippen molar-refractivity contribution in [2.24, 2.45) is 0 Å². The lowest BCUT2D eigenvalue weighted by atomic mass is 10.00. The lowest BCUT2D eigenvalue weighted by molar-refractivity contribution is -0.384. The number of amides is 1. The van der Waals surface area contributed by atoms with E-state index in [9.17, 15) is 19.3 Å². The summed E-state index contributed by atoms with van der Waals surface area (Å²) in [7, 11) is 3.00. The van der Waals surface area contributed by atoms with E-state index in [-0.39, 0.29) is 30.6 Å². The third-order valence-electron chi connectivity index (χ3n) is 7.12. The lowest BCUT2D eigenvalue weighted by Crippen LogP contribution is -2.11. The number of allylic oxidation sites excluding steroid dienone is 2. The quantitative estimate of drug-likeness (QED) is 0.108. The van der Waals surface area contributed by atoms with Gasteiger partial charge in [-0.25, -0.2) is 4.39 Å². The summed E-state index contributed by atoms with van der Waals surface area (Å²) in [5, 5.41) is 13.8. The van der Waals surface area contributed by atoms with Crippen LogP contribution in [0.15, 0.2) is 90.5 Å². The number of halogens is 1. The van der Waals surface area contributed by atoms with E-state index in [2.05, 4.69) is 5.32 Å². The van der Waals surface area contributed by atoms with Crippen molar-refractivity contribution in [2.45, 2.75) is 13.3 Å². The number of methoxy groups -OCH3 is 2. The van der Waals surface area contributed by atoms with Crippen LogP contribution in [-0.2, 0) is 4.79 Å². The van der Waals surface area contributed by atoms with Crippen molar-refractivity contribution in [3.8, 4) is 23.0 Å². The fourth-order valence-corrected chi connectivity index (χ4v) is 4.98. The number of nitrogens with zero attached hydrogens (tertiary/aromatic N) is 1. The largest absolute Gasteiger partial charge is 0.493 e. The third kappa shape index (κ3) is 6.54. The summed E-state index contributed by atoms with van der Waals surface area (Å²) in [6.07, 6.45) is 2.00. The van der Waals surface area contributed by atoms with Crippen LogP contribution in [0.4, 0.5) is 15.8 Å². The number of ether oxygens (including phenoxy) is 4. The highest BCUT2D eigenvalue weighted by atomic mass is 19.1. The maximum atomic E-state index is 14.4. The molecule has 1 aliphatic rings. The van der Waals surface area contributed by atoms with Crippen LogP contribution >= 0.6 is 0 Å². The number of carbonyl (C=O) groups excluding carboxylic acids is 1. The van der Waals surface area contributed by atoms with Gasteiger partial charge in [0, 0.05) is 17.8 Å². The summed E-state index contributed by atoms with van der Waals surface area (Å²) in [4.78, 5) is 23.3. The average molecular weight is 597 g/mol. The first-order chi connectivity index (χ1) is 21.3. The maximum Gasteiger partial charge on any atom is 0.269 e. The molecule has 0 bridgehead atoms. The number of fused-ring (bicyclic) bond motifs is 1. The van der Waals surface area contributed by atoms with E-state index in [4.69, 9.17) is 18.9 Å². The molecule has 0 aromatic heterocycles. The topological polar surface area (TPSA) is 109 Å². The zero-order chi connectivity index (χ0) is 31.2. The molecule has 0 fully saturated rings. The van der Waals surface area contributed by atoms with Crippen molar-refractivity contribution in [2.75, 3.05) is 26.3 Å². The number of nitro benzene ring substituents is 1. The normalized spacial score (nSPS) is 13.0. The van der Waals surface area contributed by atoms with E-state index >= 15 is 0 Å². The van der Waals surface area contributed by atoms with Crippen LogP contribution in [0.25, 0.3) is 17.2 Å². The van der Waals surface area contributed by atoms with Crippen LogP contribution < -0.4 is 24.3 Å². The molecule has 0 saturated heterocycles. The molecule has 1 aliphatic carbocycles. The second-order valence-electron chi connectivity index (χ2n) is 9.85. The first kappa shape index (κ1) is 29.8. The van der Waals surface area contributed by atoms with Gasteiger partial charge >= 0.3 is 0 Å². The second kappa shape index (κ2) is 13.1. The Morgan fingerprint density at radius 2 is 1.59 bits per heavy atom. The number of anilines is 1. The van der Waals surface area contributed by atoms with E-state index < -0.39 is 4.92 Å². The highest BCUT2D eigenvalue weighted by Gasteiger charge is 2.26. The number of hydrogen-bond donors (Lipinski definition) is 1. The summed E-state index contributed by atoms with van der Waals surface area (Å²) in [6.45, 7) is 1.70. The van der Waals surface area contributed by atoms with Gasteiger partial charge in [0.2, 0.25) is 18.4 Å². The fraction of sp³-hybridized carbons (Fsp3) is 0.147. The molecule has 0 spiro atoms. The summed E-state index contributed by atoms with van der Waals surface area (Å²) in [6, 6.07) is 22.9. The minimum absolute atomic E-state index is 0.0472. The highest BCUT2D eigenvalue weighted by molar-refractivity contribution is 6.10. The predicted octanol–water partition coefficient (Wildman–Crippen LogP) is 7.52. The van der Waals surface area contributed by atoms with Crippen molar-refractivity contribution >= 4 is 34.5 Å². The summed E-state index contributed by atoms with van der Waals surface area (Å²) < 4.78 is 37.0. The average Bonchev–Trinajstić information content (AvgIpc) is 3.26. The SMILES string of the molecule is COc1cc(/C=C2/C(C)=C(CC(=O)Nc3ccccc3)c3cc(F)ccc32)cc(OC)c1OCOc1ccc([N+](=O)[O-])cc1. The molecule has 0 radical (unpaired) electrons. The van der Waals surface area contributed by atoms with E-state index in [0.29, 0.717) is 34.2 Å². The van der Waals surface area contributed by atoms with Crippen LogP contribution in [0.2, 0.25) is 0 Å².